The van der Waals surface area contributed by atoms with Gasteiger partial charge in [0, 0.05) is 0 Å². The number of nitrogens with zero attached hydrogens (tertiary/aromatic N) is 4. The number of benzene rings is 2. The van der Waals surface area contributed by atoms with Crippen molar-refractivity contribution in [3.05, 3.63) is 77.5 Å². The molecule has 14 nitrogen and oxygen atoms in total. The summed E-state index contributed by atoms with van der Waals surface area (Å²) in [7, 11) is -0.849. The number of methoxy groups -OCH3 is 2. The van der Waals surface area contributed by atoms with Crippen molar-refractivity contribution in [1.29, 1.82) is 0 Å². The highest BCUT2D eigenvalue weighted by Crippen LogP contribution is 2.51. The molecule has 0 saturated carbocycles. The molecule has 2 aromatic heterocycles. The fourth-order valence-corrected chi connectivity index (χ4v) is 7.33. The van der Waals surface area contributed by atoms with Gasteiger partial charge in [0.15, 0.2) is 17.2 Å². The third-order valence-electron chi connectivity index (χ3n) is 8.48. The lowest BCUT2D eigenvalue weighted by Crippen LogP contribution is -2.42. The normalized spacial score (nSPS) is 21.3. The first-order chi connectivity index (χ1) is 24.5. The van der Waals surface area contributed by atoms with Crippen LogP contribution in [0.3, 0.4) is 0 Å². The molecule has 0 aliphatic carbocycles. The van der Waals surface area contributed by atoms with E-state index in [1.807, 2.05) is 88.4 Å². The smallest absolute Gasteiger partial charge is 0.475 e. The average molecular weight is 727 g/mol. The summed E-state index contributed by atoms with van der Waals surface area (Å²) in [6.45, 7) is 8.42. The molecule has 4 heterocycles. The lowest BCUT2D eigenvalue weighted by atomic mass is 10.1. The molecule has 0 amide bonds. The summed E-state index contributed by atoms with van der Waals surface area (Å²) in [6, 6.07) is 19.1. The number of phosphoric ester groups is 1. The van der Waals surface area contributed by atoms with Crippen LogP contribution in [0.4, 0.5) is 0 Å². The van der Waals surface area contributed by atoms with E-state index in [1.54, 1.807) is 11.8 Å². The first kappa shape index (κ1) is 37.3. The van der Waals surface area contributed by atoms with Crippen molar-refractivity contribution in [3.8, 4) is 11.9 Å². The molecule has 0 spiro atoms. The highest BCUT2D eigenvalue weighted by molar-refractivity contribution is 7.48. The first-order valence-electron chi connectivity index (χ1n) is 17.1. The molecular formula is C36H47N4O10P. The predicted molar refractivity (Wildman–Crippen MR) is 186 cm³/mol. The van der Waals surface area contributed by atoms with Crippen LogP contribution in [-0.4, -0.2) is 77.1 Å². The van der Waals surface area contributed by atoms with Crippen LogP contribution < -0.4 is 9.47 Å². The van der Waals surface area contributed by atoms with Crippen LogP contribution in [0.15, 0.2) is 60.7 Å². The predicted octanol–water partition coefficient (Wildman–Crippen LogP) is 6.40. The van der Waals surface area contributed by atoms with Crippen molar-refractivity contribution < 1.29 is 46.6 Å². The van der Waals surface area contributed by atoms with Gasteiger partial charge in [-0.05, 0) is 58.1 Å². The van der Waals surface area contributed by atoms with E-state index in [0.717, 1.165) is 16.8 Å². The summed E-state index contributed by atoms with van der Waals surface area (Å²) in [6.07, 6.45) is 0.494. The molecule has 2 saturated heterocycles. The van der Waals surface area contributed by atoms with E-state index in [1.165, 1.54) is 7.11 Å². The molecule has 2 aromatic carbocycles. The van der Waals surface area contributed by atoms with Crippen LogP contribution in [0, 0.1) is 0 Å². The summed E-state index contributed by atoms with van der Waals surface area (Å²) in [5, 5.41) is 5.64. The second-order valence-electron chi connectivity index (χ2n) is 13.3. The molecule has 2 aliphatic rings. The molecule has 0 N–H and O–H groups in total. The van der Waals surface area contributed by atoms with E-state index in [-0.39, 0.29) is 38.5 Å². The summed E-state index contributed by atoms with van der Waals surface area (Å²) in [5.41, 5.74) is 2.96. The Morgan fingerprint density at radius 2 is 1.49 bits per heavy atom. The van der Waals surface area contributed by atoms with Gasteiger partial charge in [-0.15, -0.1) is 0 Å². The SMILES string of the molecule is COc1nc(OC)c2c(CCCCOP(=O)(OCc3ccccc3)OCc3ccccc3)nn(C[C@@H]3OC(C)(C)OC[C@H]4OC(C)(C)O[C@@H]34)c2n1. The molecule has 51 heavy (non-hydrogen) atoms. The molecule has 4 aromatic rings. The lowest BCUT2D eigenvalue weighted by molar-refractivity contribution is -0.256. The Labute approximate surface area is 298 Å². The molecule has 0 bridgehead atoms. The Kier molecular flexibility index (Phi) is 11.7. The maximum atomic E-state index is 13.7. The second-order valence-corrected chi connectivity index (χ2v) is 15.0. The summed E-state index contributed by atoms with van der Waals surface area (Å²) in [4.78, 5) is 9.10. The van der Waals surface area contributed by atoms with Gasteiger partial charge in [-0.25, -0.2) is 9.25 Å². The minimum Gasteiger partial charge on any atom is -0.480 e. The average Bonchev–Trinajstić information content (AvgIpc) is 3.60. The van der Waals surface area contributed by atoms with Crippen molar-refractivity contribution in [2.75, 3.05) is 27.4 Å². The number of hydrogen-bond donors (Lipinski definition) is 0. The molecule has 0 unspecified atom stereocenters. The molecule has 2 fully saturated rings. The minimum atomic E-state index is -3.89. The Hall–Kier alpha value is -3.46. The maximum Gasteiger partial charge on any atom is 0.475 e. The number of hydrogen-bond acceptors (Lipinski definition) is 13. The fraction of sp³-hybridized carbons (Fsp3) is 0.528. The molecule has 2 aliphatic heterocycles. The zero-order valence-corrected chi connectivity index (χ0v) is 30.9. The van der Waals surface area contributed by atoms with E-state index >= 15 is 0 Å². The molecule has 6 rings (SSSR count). The number of phosphoric acid groups is 1. The van der Waals surface area contributed by atoms with Gasteiger partial charge < -0.3 is 28.4 Å². The van der Waals surface area contributed by atoms with Gasteiger partial charge in [0.05, 0.1) is 52.9 Å². The van der Waals surface area contributed by atoms with Gasteiger partial charge in [-0.1, -0.05) is 60.7 Å². The largest absolute Gasteiger partial charge is 0.480 e. The Balaban J connectivity index is 1.16. The van der Waals surface area contributed by atoms with Gasteiger partial charge in [0.1, 0.15) is 23.7 Å². The Morgan fingerprint density at radius 3 is 2.12 bits per heavy atom. The van der Waals surface area contributed by atoms with Gasteiger partial charge in [0.2, 0.25) is 5.88 Å². The maximum absolute atomic E-state index is 13.7. The summed E-state index contributed by atoms with van der Waals surface area (Å²) in [5.74, 6) is -1.33. The number of aryl methyl sites for hydroxylation is 1. The molecule has 15 heteroatoms. The standard InChI is InChI=1S/C36H47N4O10P/c1-35(2)44-24-29-31(50-36(3,4)49-29)28(48-35)21-40-32-30(33(42-5)38-34(37-32)43-6)27(39-40)19-13-14-20-45-51(41,46-22-25-15-9-7-10-16-25)47-23-26-17-11-8-12-18-26/h7-12,15-18,28-29,31H,13-14,19-24H2,1-6H3/t28-,29+,31-/m0/s1. The Morgan fingerprint density at radius 1 is 0.824 bits per heavy atom. The van der Waals surface area contributed by atoms with Gasteiger partial charge in [-0.3, -0.25) is 13.6 Å². The van der Waals surface area contributed by atoms with Crippen LogP contribution in [0.5, 0.6) is 11.9 Å². The highest BCUT2D eigenvalue weighted by atomic mass is 31.2. The molecular weight excluding hydrogens is 679 g/mol. The van der Waals surface area contributed by atoms with Gasteiger partial charge in [0.25, 0.3) is 0 Å². The van der Waals surface area contributed by atoms with Gasteiger partial charge >= 0.3 is 13.8 Å². The quantitative estimate of drug-likeness (QED) is 0.0929. The topological polar surface area (TPSA) is 144 Å². The van der Waals surface area contributed by atoms with Crippen molar-refractivity contribution in [1.82, 2.24) is 19.7 Å². The van der Waals surface area contributed by atoms with Gasteiger partial charge in [-0.2, -0.15) is 15.1 Å². The zero-order valence-electron chi connectivity index (χ0n) is 30.0. The van der Waals surface area contributed by atoms with Crippen molar-refractivity contribution in [3.63, 3.8) is 0 Å². The van der Waals surface area contributed by atoms with E-state index in [4.69, 9.17) is 47.1 Å². The number of ether oxygens (including phenoxy) is 6. The van der Waals surface area contributed by atoms with Crippen LogP contribution in [0.1, 0.15) is 57.4 Å². The minimum absolute atomic E-state index is 0.0872. The van der Waals surface area contributed by atoms with E-state index < -0.39 is 31.6 Å². The molecule has 3 atom stereocenters. The summed E-state index contributed by atoms with van der Waals surface area (Å²) >= 11 is 0. The third-order valence-corrected chi connectivity index (χ3v) is 9.87. The van der Waals surface area contributed by atoms with E-state index in [0.29, 0.717) is 42.8 Å². The van der Waals surface area contributed by atoms with Crippen LogP contribution >= 0.6 is 7.82 Å². The Bertz CT molecular complexity index is 1740. The van der Waals surface area contributed by atoms with Crippen molar-refractivity contribution in [2.45, 2.75) is 96.6 Å². The fourth-order valence-electron chi connectivity index (χ4n) is 6.14. The van der Waals surface area contributed by atoms with Crippen LogP contribution in [0.25, 0.3) is 11.0 Å². The lowest BCUT2D eigenvalue weighted by Gasteiger charge is -2.30. The number of aromatic nitrogens is 4. The molecule has 276 valence electrons. The van der Waals surface area contributed by atoms with Crippen molar-refractivity contribution >= 4 is 18.9 Å². The number of fused-ring (bicyclic) bond motifs is 2. The van der Waals surface area contributed by atoms with Crippen LogP contribution in [-0.2, 0) is 63.3 Å². The third kappa shape index (κ3) is 9.51. The van der Waals surface area contributed by atoms with Crippen molar-refractivity contribution in [2.24, 2.45) is 0 Å². The first-order valence-corrected chi connectivity index (χ1v) is 18.6. The monoisotopic (exact) mass is 726 g/mol. The van der Waals surface area contributed by atoms with E-state index in [2.05, 4.69) is 9.97 Å². The number of rotatable bonds is 16. The highest BCUT2D eigenvalue weighted by Gasteiger charge is 2.50. The molecule has 0 radical (unpaired) electrons. The van der Waals surface area contributed by atoms with E-state index in [9.17, 15) is 4.57 Å². The summed E-state index contributed by atoms with van der Waals surface area (Å²) < 4.78 is 68.9. The second kappa shape index (κ2) is 16.1. The zero-order chi connectivity index (χ0) is 36.1. The van der Waals surface area contributed by atoms with Crippen LogP contribution in [0.2, 0.25) is 0 Å². The number of unbranched alkanes of at least 4 members (excludes halogenated alkanes) is 1.